The summed E-state index contributed by atoms with van der Waals surface area (Å²) in [5.74, 6) is 2.21. The number of nitrogens with zero attached hydrogens (tertiary/aromatic N) is 1. The van der Waals surface area contributed by atoms with Gasteiger partial charge in [0.25, 0.3) is 0 Å². The summed E-state index contributed by atoms with van der Waals surface area (Å²) in [6.45, 7) is 7.69. The van der Waals surface area contributed by atoms with Gasteiger partial charge in [-0.25, -0.2) is 0 Å². The van der Waals surface area contributed by atoms with E-state index in [4.69, 9.17) is 0 Å². The van der Waals surface area contributed by atoms with Crippen molar-refractivity contribution in [2.24, 2.45) is 17.8 Å². The van der Waals surface area contributed by atoms with Crippen LogP contribution in [0.25, 0.3) is 0 Å². The molecule has 1 amide bonds. The van der Waals surface area contributed by atoms with Gasteiger partial charge in [0.05, 0.1) is 0 Å². The maximum atomic E-state index is 13.2. The van der Waals surface area contributed by atoms with E-state index in [-0.39, 0.29) is 5.92 Å². The monoisotopic (exact) mass is 447 g/mol. The fraction of sp³-hybridized carbons (Fsp3) is 0.720. The second-order valence-corrected chi connectivity index (χ2v) is 10.8. The molecule has 1 aromatic rings. The molecule has 0 saturated heterocycles. The van der Waals surface area contributed by atoms with Gasteiger partial charge in [0.15, 0.2) is 0 Å². The summed E-state index contributed by atoms with van der Waals surface area (Å²) in [6.07, 6.45) is 12.0. The summed E-state index contributed by atoms with van der Waals surface area (Å²) in [5, 5.41) is 0. The van der Waals surface area contributed by atoms with Gasteiger partial charge in [-0.2, -0.15) is 0 Å². The first kappa shape index (κ1) is 21.9. The standard InChI is InChI=1S/C25H38BrNO/c1-4-5-6-19-7-10-21(11-8-19)25(28)27-14-13-22-16-20(9-12-24(22)27)17-23(26)15-18(2)3/h9,12,16,18-19,21,23H,4-8,10-11,13-15,17H2,1-3H3. The molecule has 2 nitrogen and oxygen atoms in total. The molecule has 28 heavy (non-hydrogen) atoms. The zero-order valence-corrected chi connectivity index (χ0v) is 19.6. The van der Waals surface area contributed by atoms with Crippen molar-refractivity contribution >= 4 is 27.5 Å². The van der Waals surface area contributed by atoms with Gasteiger partial charge in [0, 0.05) is 23.0 Å². The number of alkyl halides is 1. The quantitative estimate of drug-likeness (QED) is 0.395. The van der Waals surface area contributed by atoms with Crippen LogP contribution in [-0.4, -0.2) is 17.3 Å². The van der Waals surface area contributed by atoms with Crippen LogP contribution in [0, 0.1) is 17.8 Å². The van der Waals surface area contributed by atoms with Gasteiger partial charge in [-0.15, -0.1) is 0 Å². The highest BCUT2D eigenvalue weighted by molar-refractivity contribution is 9.09. The van der Waals surface area contributed by atoms with Gasteiger partial charge < -0.3 is 4.90 Å². The van der Waals surface area contributed by atoms with Crippen LogP contribution in [-0.2, 0) is 17.6 Å². The van der Waals surface area contributed by atoms with E-state index in [0.717, 1.165) is 38.1 Å². The molecule has 1 unspecified atom stereocenters. The van der Waals surface area contributed by atoms with Gasteiger partial charge in [-0.3, -0.25) is 4.79 Å². The average molecular weight is 448 g/mol. The van der Waals surface area contributed by atoms with Crippen molar-refractivity contribution in [1.82, 2.24) is 0 Å². The maximum absolute atomic E-state index is 13.2. The zero-order valence-electron chi connectivity index (χ0n) is 18.1. The molecule has 1 aromatic carbocycles. The van der Waals surface area contributed by atoms with Crippen molar-refractivity contribution < 1.29 is 4.79 Å². The Hall–Kier alpha value is -0.830. The number of benzene rings is 1. The second kappa shape index (κ2) is 10.3. The van der Waals surface area contributed by atoms with Gasteiger partial charge in [0.2, 0.25) is 5.91 Å². The van der Waals surface area contributed by atoms with Crippen molar-refractivity contribution in [2.45, 2.75) is 89.8 Å². The van der Waals surface area contributed by atoms with Crippen LogP contribution in [0.5, 0.6) is 0 Å². The number of amides is 1. The van der Waals surface area contributed by atoms with Crippen molar-refractivity contribution in [3.8, 4) is 0 Å². The van der Waals surface area contributed by atoms with Gasteiger partial charge >= 0.3 is 0 Å². The molecular weight excluding hydrogens is 410 g/mol. The topological polar surface area (TPSA) is 20.3 Å². The SMILES string of the molecule is CCCCC1CCC(C(=O)N2CCc3cc(CC(Br)CC(C)C)ccc32)CC1. The third-order valence-electron chi connectivity index (χ3n) is 6.65. The van der Waals surface area contributed by atoms with Gasteiger partial charge in [-0.05, 0) is 74.0 Å². The number of hydrogen-bond acceptors (Lipinski definition) is 1. The van der Waals surface area contributed by atoms with Crippen LogP contribution in [0.3, 0.4) is 0 Å². The minimum atomic E-state index is 0.251. The number of unbranched alkanes of at least 4 members (excludes halogenated alkanes) is 1. The molecule has 2 aliphatic rings. The Bertz CT molecular complexity index is 648. The van der Waals surface area contributed by atoms with Crippen LogP contribution in [0.2, 0.25) is 0 Å². The highest BCUT2D eigenvalue weighted by Crippen LogP contribution is 2.36. The lowest BCUT2D eigenvalue weighted by atomic mass is 9.79. The summed E-state index contributed by atoms with van der Waals surface area (Å²) < 4.78 is 0. The number of rotatable bonds is 8. The van der Waals surface area contributed by atoms with Gasteiger partial charge in [0.1, 0.15) is 0 Å². The molecule has 0 N–H and O–H groups in total. The zero-order chi connectivity index (χ0) is 20.1. The van der Waals surface area contributed by atoms with Crippen molar-refractivity contribution in [3.63, 3.8) is 0 Å². The van der Waals surface area contributed by atoms with E-state index in [1.165, 1.54) is 55.3 Å². The summed E-state index contributed by atoms with van der Waals surface area (Å²) in [7, 11) is 0. The molecular formula is C25H38BrNO. The molecule has 0 aromatic heterocycles. The predicted molar refractivity (Wildman–Crippen MR) is 123 cm³/mol. The molecule has 0 spiro atoms. The van der Waals surface area contributed by atoms with E-state index in [1.54, 1.807) is 0 Å². The summed E-state index contributed by atoms with van der Waals surface area (Å²) in [4.78, 5) is 15.8. The Morgan fingerprint density at radius 1 is 1.21 bits per heavy atom. The van der Waals surface area contributed by atoms with E-state index < -0.39 is 0 Å². The van der Waals surface area contributed by atoms with E-state index in [2.05, 4.69) is 59.8 Å². The van der Waals surface area contributed by atoms with Crippen LogP contribution in [0.15, 0.2) is 18.2 Å². The average Bonchev–Trinajstić information content (AvgIpc) is 3.08. The molecule has 3 heteroatoms. The maximum Gasteiger partial charge on any atom is 0.230 e. The van der Waals surface area contributed by atoms with E-state index in [0.29, 0.717) is 16.7 Å². The van der Waals surface area contributed by atoms with Gasteiger partial charge in [-0.1, -0.05) is 68.1 Å². The lowest BCUT2D eigenvalue weighted by Crippen LogP contribution is -2.36. The summed E-state index contributed by atoms with van der Waals surface area (Å²) in [6, 6.07) is 6.79. The number of hydrogen-bond donors (Lipinski definition) is 0. The summed E-state index contributed by atoms with van der Waals surface area (Å²) >= 11 is 3.84. The fourth-order valence-corrected chi connectivity index (χ4v) is 6.19. The van der Waals surface area contributed by atoms with E-state index >= 15 is 0 Å². The van der Waals surface area contributed by atoms with Crippen LogP contribution in [0.1, 0.15) is 83.3 Å². The fourth-order valence-electron chi connectivity index (χ4n) is 5.07. The van der Waals surface area contributed by atoms with Crippen LogP contribution < -0.4 is 4.90 Å². The van der Waals surface area contributed by atoms with Crippen molar-refractivity contribution in [2.75, 3.05) is 11.4 Å². The Morgan fingerprint density at radius 3 is 2.64 bits per heavy atom. The first-order valence-electron chi connectivity index (χ1n) is 11.5. The number of carbonyl (C=O) groups excluding carboxylic acids is 1. The Morgan fingerprint density at radius 2 is 1.96 bits per heavy atom. The molecule has 1 fully saturated rings. The number of halogens is 1. The van der Waals surface area contributed by atoms with E-state index in [9.17, 15) is 4.79 Å². The number of anilines is 1. The third-order valence-corrected chi connectivity index (χ3v) is 7.35. The Balaban J connectivity index is 1.57. The Labute approximate surface area is 180 Å². The van der Waals surface area contributed by atoms with Crippen LogP contribution in [0.4, 0.5) is 5.69 Å². The second-order valence-electron chi connectivity index (χ2n) is 9.49. The highest BCUT2D eigenvalue weighted by atomic mass is 79.9. The largest absolute Gasteiger partial charge is 0.312 e. The lowest BCUT2D eigenvalue weighted by molar-refractivity contribution is -0.123. The Kier molecular flexibility index (Phi) is 8.02. The molecule has 1 saturated carbocycles. The van der Waals surface area contributed by atoms with Crippen LogP contribution >= 0.6 is 15.9 Å². The third kappa shape index (κ3) is 5.62. The molecule has 0 bridgehead atoms. The highest BCUT2D eigenvalue weighted by Gasteiger charge is 2.32. The molecule has 156 valence electrons. The molecule has 1 aliphatic heterocycles. The first-order valence-corrected chi connectivity index (χ1v) is 12.5. The molecule has 3 rings (SSSR count). The minimum absolute atomic E-state index is 0.251. The molecule has 0 radical (unpaired) electrons. The first-order chi connectivity index (χ1) is 13.5. The molecule has 1 heterocycles. The summed E-state index contributed by atoms with van der Waals surface area (Å²) in [5.41, 5.74) is 3.94. The molecule has 1 aliphatic carbocycles. The normalized spacial score (nSPS) is 23.1. The lowest BCUT2D eigenvalue weighted by Gasteiger charge is -2.30. The van der Waals surface area contributed by atoms with E-state index in [1.807, 2.05) is 0 Å². The van der Waals surface area contributed by atoms with Crippen molar-refractivity contribution in [1.29, 1.82) is 0 Å². The number of fused-ring (bicyclic) bond motifs is 1. The minimum Gasteiger partial charge on any atom is -0.312 e. The molecule has 1 atom stereocenters. The van der Waals surface area contributed by atoms with Crippen molar-refractivity contribution in [3.05, 3.63) is 29.3 Å². The smallest absolute Gasteiger partial charge is 0.230 e. The number of carbonyl (C=O) groups is 1. The predicted octanol–water partition coefficient (Wildman–Crippen LogP) is 6.92.